The molecule has 5 N–H and O–H groups in total. The van der Waals surface area contributed by atoms with Gasteiger partial charge in [-0.1, -0.05) is 28.1 Å². The number of rotatable bonds is 5. The Balaban J connectivity index is 1.93. The number of aliphatic hydroxyl groups excluding tert-OH is 2. The number of amides is 2. The van der Waals surface area contributed by atoms with Crippen LogP contribution in [0.3, 0.4) is 0 Å². The fraction of sp³-hybridized carbons (Fsp3) is 0.500. The van der Waals surface area contributed by atoms with E-state index in [0.29, 0.717) is 19.5 Å². The van der Waals surface area contributed by atoms with Gasteiger partial charge < -0.3 is 26.2 Å². The number of nitrogens with one attached hydrogen (secondary N) is 1. The number of nitrogens with zero attached hydrogens (tertiary/aromatic N) is 1. The van der Waals surface area contributed by atoms with Crippen molar-refractivity contribution < 1.29 is 19.8 Å². The van der Waals surface area contributed by atoms with Crippen LogP contribution in [-0.2, 0) is 9.59 Å². The van der Waals surface area contributed by atoms with Gasteiger partial charge in [-0.2, -0.15) is 0 Å². The first kappa shape index (κ1) is 18.9. The summed E-state index contributed by atoms with van der Waals surface area (Å²) >= 11 is 3.33. The highest BCUT2D eigenvalue weighted by molar-refractivity contribution is 9.10. The molecule has 1 aromatic carbocycles. The third kappa shape index (κ3) is 4.54. The van der Waals surface area contributed by atoms with E-state index in [9.17, 15) is 19.8 Å². The van der Waals surface area contributed by atoms with Crippen molar-refractivity contribution in [2.75, 3.05) is 13.1 Å². The van der Waals surface area contributed by atoms with Crippen LogP contribution in [0.5, 0.6) is 0 Å². The Hall–Kier alpha value is -1.48. The summed E-state index contributed by atoms with van der Waals surface area (Å²) in [6.45, 7) is 2.49. The molecule has 8 heteroatoms. The van der Waals surface area contributed by atoms with Gasteiger partial charge in [-0.15, -0.1) is 0 Å². The normalized spacial score (nSPS) is 21.2. The minimum Gasteiger partial charge on any atom is -0.380 e. The molecule has 1 aliphatic rings. The lowest BCUT2D eigenvalue weighted by Gasteiger charge is -2.24. The molecule has 1 fully saturated rings. The number of aliphatic hydroxyl groups is 2. The van der Waals surface area contributed by atoms with Gasteiger partial charge in [-0.25, -0.2) is 0 Å². The highest BCUT2D eigenvalue weighted by atomic mass is 79.9. The minimum absolute atomic E-state index is 0.135. The van der Waals surface area contributed by atoms with Crippen molar-refractivity contribution >= 4 is 27.7 Å². The zero-order valence-electron chi connectivity index (χ0n) is 13.4. The Morgan fingerprint density at radius 3 is 2.46 bits per heavy atom. The molecule has 1 aliphatic heterocycles. The fourth-order valence-corrected chi connectivity index (χ4v) is 2.85. The number of hydrogen-bond acceptors (Lipinski definition) is 5. The number of nitrogens with two attached hydrogens (primary N) is 1. The number of hydrogen-bond donors (Lipinski definition) is 4. The van der Waals surface area contributed by atoms with Crippen LogP contribution in [0.1, 0.15) is 24.9 Å². The van der Waals surface area contributed by atoms with Crippen molar-refractivity contribution in [1.82, 2.24) is 10.2 Å². The third-order valence-electron chi connectivity index (χ3n) is 4.09. The van der Waals surface area contributed by atoms with Crippen LogP contribution in [0.15, 0.2) is 28.7 Å². The molecule has 0 aliphatic carbocycles. The topological polar surface area (TPSA) is 116 Å². The van der Waals surface area contributed by atoms with Crippen molar-refractivity contribution in [2.45, 2.75) is 37.6 Å². The van der Waals surface area contributed by atoms with Gasteiger partial charge in [0.25, 0.3) is 11.8 Å². The molecule has 0 saturated carbocycles. The predicted molar refractivity (Wildman–Crippen MR) is 91.9 cm³/mol. The minimum atomic E-state index is -1.83. The largest absolute Gasteiger partial charge is 0.380 e. The van der Waals surface area contributed by atoms with Gasteiger partial charge in [-0.05, 0) is 31.0 Å². The molecule has 0 unspecified atom stereocenters. The summed E-state index contributed by atoms with van der Waals surface area (Å²) < 4.78 is 0.912. The third-order valence-corrected chi connectivity index (χ3v) is 4.61. The first-order valence-corrected chi connectivity index (χ1v) is 8.55. The molecule has 2 amide bonds. The number of likely N-dealkylation sites (tertiary alicyclic amines) is 1. The second-order valence-electron chi connectivity index (χ2n) is 6.00. The Morgan fingerprint density at radius 2 is 1.92 bits per heavy atom. The Labute approximate surface area is 149 Å². The number of benzene rings is 1. The van der Waals surface area contributed by atoms with Gasteiger partial charge >= 0.3 is 0 Å². The van der Waals surface area contributed by atoms with Crippen molar-refractivity contribution in [2.24, 2.45) is 5.73 Å². The lowest BCUT2D eigenvalue weighted by Crippen LogP contribution is -2.50. The van der Waals surface area contributed by atoms with Gasteiger partial charge in [0.05, 0.1) is 6.04 Å². The molecule has 0 radical (unpaired) electrons. The molecule has 7 nitrogen and oxygen atoms in total. The van der Waals surface area contributed by atoms with E-state index in [1.165, 1.54) is 4.90 Å². The van der Waals surface area contributed by atoms with E-state index < -0.39 is 24.0 Å². The first-order valence-electron chi connectivity index (χ1n) is 7.76. The monoisotopic (exact) mass is 399 g/mol. The number of carbonyl (C=O) groups is 2. The first-order chi connectivity index (χ1) is 11.3. The van der Waals surface area contributed by atoms with Gasteiger partial charge in [-0.3, -0.25) is 9.59 Å². The lowest BCUT2D eigenvalue weighted by molar-refractivity contribution is -0.152. The van der Waals surface area contributed by atoms with E-state index in [-0.39, 0.29) is 12.1 Å². The van der Waals surface area contributed by atoms with E-state index in [1.807, 2.05) is 24.3 Å². The molecule has 4 atom stereocenters. The summed E-state index contributed by atoms with van der Waals surface area (Å²) in [4.78, 5) is 25.6. The number of halogens is 1. The summed E-state index contributed by atoms with van der Waals surface area (Å²) in [7, 11) is 0. The molecule has 24 heavy (non-hydrogen) atoms. The van der Waals surface area contributed by atoms with E-state index in [1.54, 1.807) is 6.92 Å². The molecule has 2 rings (SSSR count). The Bertz CT molecular complexity index is 595. The second kappa shape index (κ2) is 8.06. The standard InChI is InChI=1S/C16H22BrN3O4/c1-9(10-2-4-11(17)5-3-10)19-15(23)13(21)14(22)16(24)20-7-6-12(18)8-20/h2-5,9,12-14,21-22H,6-8,18H2,1H3,(H,19,23)/t9-,12+,13-,14-/m1/s1. The van der Waals surface area contributed by atoms with Crippen molar-refractivity contribution in [3.8, 4) is 0 Å². The quantitative estimate of drug-likeness (QED) is 0.551. The zero-order chi connectivity index (χ0) is 17.9. The highest BCUT2D eigenvalue weighted by Gasteiger charge is 2.36. The van der Waals surface area contributed by atoms with Crippen molar-refractivity contribution in [3.63, 3.8) is 0 Å². The van der Waals surface area contributed by atoms with Crippen LogP contribution >= 0.6 is 15.9 Å². The maximum absolute atomic E-state index is 12.1. The van der Waals surface area contributed by atoms with E-state index >= 15 is 0 Å². The molecule has 1 heterocycles. The van der Waals surface area contributed by atoms with Crippen LogP contribution in [0.25, 0.3) is 0 Å². The average molecular weight is 400 g/mol. The molecule has 0 spiro atoms. The molecule has 0 aromatic heterocycles. The van der Waals surface area contributed by atoms with Crippen LogP contribution in [0.4, 0.5) is 0 Å². The molecule has 132 valence electrons. The summed E-state index contributed by atoms with van der Waals surface area (Å²) in [6.07, 6.45) is -2.99. The zero-order valence-corrected chi connectivity index (χ0v) is 14.9. The SMILES string of the molecule is C[C@@H](NC(=O)[C@H](O)[C@@H](O)C(=O)N1CC[C@H](N)C1)c1ccc(Br)cc1. The van der Waals surface area contributed by atoms with Crippen LogP contribution in [0, 0.1) is 0 Å². The molecule has 0 bridgehead atoms. The molecular formula is C16H22BrN3O4. The van der Waals surface area contributed by atoms with Crippen molar-refractivity contribution in [3.05, 3.63) is 34.3 Å². The van der Waals surface area contributed by atoms with Crippen LogP contribution in [0.2, 0.25) is 0 Å². The lowest BCUT2D eigenvalue weighted by atomic mass is 10.1. The summed E-state index contributed by atoms with van der Waals surface area (Å²) in [5.41, 5.74) is 6.56. The van der Waals surface area contributed by atoms with E-state index in [2.05, 4.69) is 21.2 Å². The van der Waals surface area contributed by atoms with E-state index in [4.69, 9.17) is 5.73 Å². The van der Waals surface area contributed by atoms with Crippen LogP contribution < -0.4 is 11.1 Å². The van der Waals surface area contributed by atoms with Crippen LogP contribution in [-0.4, -0.2) is 58.3 Å². The smallest absolute Gasteiger partial charge is 0.254 e. The molecule has 1 aromatic rings. The average Bonchev–Trinajstić information content (AvgIpc) is 2.99. The maximum Gasteiger partial charge on any atom is 0.254 e. The van der Waals surface area contributed by atoms with E-state index in [0.717, 1.165) is 10.0 Å². The fourth-order valence-electron chi connectivity index (χ4n) is 2.59. The molecular weight excluding hydrogens is 378 g/mol. The summed E-state index contributed by atoms with van der Waals surface area (Å²) in [5.74, 6) is -1.48. The molecule has 1 saturated heterocycles. The maximum atomic E-state index is 12.1. The summed E-state index contributed by atoms with van der Waals surface area (Å²) in [6, 6.07) is 6.82. The van der Waals surface area contributed by atoms with Gasteiger partial charge in [0.15, 0.2) is 12.2 Å². The Morgan fingerprint density at radius 1 is 1.29 bits per heavy atom. The summed E-state index contributed by atoms with van der Waals surface area (Å²) in [5, 5.41) is 22.5. The van der Waals surface area contributed by atoms with Crippen molar-refractivity contribution in [1.29, 1.82) is 0 Å². The second-order valence-corrected chi connectivity index (χ2v) is 6.92. The Kier molecular flexibility index (Phi) is 6.34. The highest BCUT2D eigenvalue weighted by Crippen LogP contribution is 2.17. The van der Waals surface area contributed by atoms with Gasteiger partial charge in [0.1, 0.15) is 0 Å². The van der Waals surface area contributed by atoms with Gasteiger partial charge in [0.2, 0.25) is 0 Å². The number of carbonyl (C=O) groups excluding carboxylic acids is 2. The predicted octanol–water partition coefficient (Wildman–Crippen LogP) is -0.0923. The van der Waals surface area contributed by atoms with Gasteiger partial charge in [0, 0.05) is 23.6 Å².